The van der Waals surface area contributed by atoms with Gasteiger partial charge in [0.25, 0.3) is 0 Å². The molecule has 0 saturated heterocycles. The highest BCUT2D eigenvalue weighted by atomic mass is 32.2. The number of anilines is 1. The van der Waals surface area contributed by atoms with Gasteiger partial charge in [-0.15, -0.1) is 0 Å². The summed E-state index contributed by atoms with van der Waals surface area (Å²) in [5.74, 6) is 0.933. The number of aryl methyl sites for hydroxylation is 2. The van der Waals surface area contributed by atoms with Crippen molar-refractivity contribution in [2.24, 2.45) is 0 Å². The van der Waals surface area contributed by atoms with Crippen LogP contribution in [0.15, 0.2) is 32.2 Å². The van der Waals surface area contributed by atoms with Gasteiger partial charge in [-0.1, -0.05) is 5.16 Å². The number of nitrogens with one attached hydrogen (secondary N) is 1. The first-order chi connectivity index (χ1) is 8.56. The molecule has 1 amide bonds. The Bertz CT molecular complexity index is 587. The predicted molar refractivity (Wildman–Crippen MR) is 64.6 cm³/mol. The molecule has 0 spiro atoms. The van der Waals surface area contributed by atoms with Gasteiger partial charge in [0, 0.05) is 6.07 Å². The fourth-order valence-electron chi connectivity index (χ4n) is 1.41. The second kappa shape index (κ2) is 5.18. The maximum Gasteiger partial charge on any atom is 0.238 e. The Labute approximate surface area is 106 Å². The molecule has 2 aromatic heterocycles. The highest BCUT2D eigenvalue weighted by molar-refractivity contribution is 7.85. The smallest absolute Gasteiger partial charge is 0.238 e. The van der Waals surface area contributed by atoms with Crippen molar-refractivity contribution in [1.29, 1.82) is 0 Å². The van der Waals surface area contributed by atoms with E-state index in [1.54, 1.807) is 26.0 Å². The molecule has 0 aliphatic heterocycles. The number of rotatable bonds is 4. The number of aromatic nitrogens is 1. The molecule has 2 aromatic rings. The van der Waals surface area contributed by atoms with E-state index >= 15 is 0 Å². The molecule has 1 unspecified atom stereocenters. The topological polar surface area (TPSA) is 85.3 Å². The molecule has 2 heterocycles. The van der Waals surface area contributed by atoms with Gasteiger partial charge in [0.05, 0.1) is 22.0 Å². The van der Waals surface area contributed by atoms with E-state index in [4.69, 9.17) is 8.94 Å². The highest BCUT2D eigenvalue weighted by Gasteiger charge is 2.15. The molecule has 1 N–H and O–H groups in total. The van der Waals surface area contributed by atoms with Crippen LogP contribution in [-0.2, 0) is 15.6 Å². The van der Waals surface area contributed by atoms with Crippen molar-refractivity contribution >= 4 is 22.5 Å². The lowest BCUT2D eigenvalue weighted by atomic mass is 10.5. The Morgan fingerprint density at radius 2 is 2.28 bits per heavy atom. The molecule has 1 atom stereocenters. The number of amides is 1. The van der Waals surface area contributed by atoms with E-state index in [0.29, 0.717) is 22.2 Å². The number of hydrogen-bond donors (Lipinski definition) is 1. The average molecular weight is 268 g/mol. The van der Waals surface area contributed by atoms with Crippen LogP contribution < -0.4 is 5.32 Å². The van der Waals surface area contributed by atoms with E-state index in [9.17, 15) is 9.00 Å². The van der Waals surface area contributed by atoms with Gasteiger partial charge in [0.15, 0.2) is 5.82 Å². The molecule has 96 valence electrons. The molecule has 2 rings (SSSR count). The van der Waals surface area contributed by atoms with E-state index in [-0.39, 0.29) is 11.7 Å². The first-order valence-corrected chi connectivity index (χ1v) is 6.54. The maximum atomic E-state index is 11.9. The third kappa shape index (κ3) is 2.86. The molecule has 18 heavy (non-hydrogen) atoms. The van der Waals surface area contributed by atoms with Gasteiger partial charge in [-0.3, -0.25) is 9.00 Å². The third-order valence-corrected chi connectivity index (χ3v) is 3.65. The zero-order chi connectivity index (χ0) is 13.1. The monoisotopic (exact) mass is 268 g/mol. The summed E-state index contributed by atoms with van der Waals surface area (Å²) in [6, 6.07) is 3.18. The zero-order valence-electron chi connectivity index (χ0n) is 9.93. The van der Waals surface area contributed by atoms with E-state index in [1.165, 1.54) is 6.26 Å². The number of carbonyl (C=O) groups is 1. The van der Waals surface area contributed by atoms with E-state index in [1.807, 2.05) is 0 Å². The third-order valence-electron chi connectivity index (χ3n) is 2.21. The predicted octanol–water partition coefficient (Wildman–Crippen LogP) is 1.63. The largest absolute Gasteiger partial charge is 0.468 e. The first kappa shape index (κ1) is 12.6. The number of furan rings is 1. The molecule has 0 aliphatic rings. The maximum absolute atomic E-state index is 11.9. The van der Waals surface area contributed by atoms with Crippen molar-refractivity contribution in [3.63, 3.8) is 0 Å². The lowest BCUT2D eigenvalue weighted by Crippen LogP contribution is -2.19. The molecule has 0 bridgehead atoms. The van der Waals surface area contributed by atoms with Crippen LogP contribution in [0.3, 0.4) is 0 Å². The minimum absolute atomic E-state index is 0.147. The van der Waals surface area contributed by atoms with Crippen LogP contribution in [0.4, 0.5) is 5.82 Å². The fraction of sp³-hybridized carbons (Fsp3) is 0.273. The molecule has 0 aromatic carbocycles. The molecular formula is C11H12N2O4S. The van der Waals surface area contributed by atoms with Gasteiger partial charge in [-0.05, 0) is 19.9 Å². The summed E-state index contributed by atoms with van der Waals surface area (Å²) in [6.45, 7) is 3.42. The van der Waals surface area contributed by atoms with E-state index in [2.05, 4.69) is 10.5 Å². The SMILES string of the molecule is Cc1cc(NC(=O)CS(=O)c2ccoc2C)no1. The van der Waals surface area contributed by atoms with Gasteiger partial charge >= 0.3 is 0 Å². The standard InChI is InChI=1S/C11H12N2O4S/c1-7-5-10(13-17-7)12-11(14)6-18(15)9-3-4-16-8(9)2/h3-5H,6H2,1-2H3,(H,12,13,14). The summed E-state index contributed by atoms with van der Waals surface area (Å²) in [5.41, 5.74) is 0. The molecule has 0 saturated carbocycles. The summed E-state index contributed by atoms with van der Waals surface area (Å²) < 4.78 is 21.7. The van der Waals surface area contributed by atoms with Crippen LogP contribution in [-0.4, -0.2) is 21.0 Å². The van der Waals surface area contributed by atoms with Crippen LogP contribution >= 0.6 is 0 Å². The van der Waals surface area contributed by atoms with Crippen LogP contribution in [0.2, 0.25) is 0 Å². The molecule has 6 nitrogen and oxygen atoms in total. The van der Waals surface area contributed by atoms with Crippen LogP contribution in [0.25, 0.3) is 0 Å². The zero-order valence-corrected chi connectivity index (χ0v) is 10.7. The Kier molecular flexibility index (Phi) is 3.61. The highest BCUT2D eigenvalue weighted by Crippen LogP contribution is 2.14. The van der Waals surface area contributed by atoms with Gasteiger partial charge in [-0.25, -0.2) is 0 Å². The van der Waals surface area contributed by atoms with Gasteiger partial charge in [-0.2, -0.15) is 0 Å². The van der Waals surface area contributed by atoms with Gasteiger partial charge in [0.2, 0.25) is 5.91 Å². The van der Waals surface area contributed by atoms with E-state index < -0.39 is 10.8 Å². The van der Waals surface area contributed by atoms with Crippen molar-refractivity contribution in [3.8, 4) is 0 Å². The fourth-order valence-corrected chi connectivity index (χ4v) is 2.45. The van der Waals surface area contributed by atoms with Crippen LogP contribution in [0.1, 0.15) is 11.5 Å². The lowest BCUT2D eigenvalue weighted by Gasteiger charge is -2.01. The van der Waals surface area contributed by atoms with Crippen LogP contribution in [0.5, 0.6) is 0 Å². The summed E-state index contributed by atoms with van der Waals surface area (Å²) in [5, 5.41) is 6.13. The average Bonchev–Trinajstić information content (AvgIpc) is 2.87. The molecule has 0 radical (unpaired) electrons. The van der Waals surface area contributed by atoms with Crippen molar-refractivity contribution < 1.29 is 17.9 Å². The second-order valence-corrected chi connectivity index (χ2v) is 5.12. The summed E-state index contributed by atoms with van der Waals surface area (Å²) in [7, 11) is -1.42. The first-order valence-electron chi connectivity index (χ1n) is 5.22. The van der Waals surface area contributed by atoms with Crippen molar-refractivity contribution in [1.82, 2.24) is 5.16 Å². The Hall–Kier alpha value is -1.89. The van der Waals surface area contributed by atoms with Crippen molar-refractivity contribution in [2.75, 3.05) is 11.1 Å². The van der Waals surface area contributed by atoms with Crippen molar-refractivity contribution in [2.45, 2.75) is 18.7 Å². The number of hydrogen-bond acceptors (Lipinski definition) is 5. The summed E-state index contributed by atoms with van der Waals surface area (Å²) >= 11 is 0. The minimum atomic E-state index is -1.42. The number of carbonyl (C=O) groups excluding carboxylic acids is 1. The molecule has 0 fully saturated rings. The Morgan fingerprint density at radius 1 is 1.50 bits per heavy atom. The van der Waals surface area contributed by atoms with Crippen LogP contribution in [0, 0.1) is 13.8 Å². The molecular weight excluding hydrogens is 256 g/mol. The van der Waals surface area contributed by atoms with Gasteiger partial charge < -0.3 is 14.3 Å². The normalized spacial score (nSPS) is 12.3. The minimum Gasteiger partial charge on any atom is -0.468 e. The molecule has 7 heteroatoms. The summed E-state index contributed by atoms with van der Waals surface area (Å²) in [4.78, 5) is 12.2. The van der Waals surface area contributed by atoms with Gasteiger partial charge in [0.1, 0.15) is 17.3 Å². The molecule has 0 aliphatic carbocycles. The Morgan fingerprint density at radius 3 is 2.83 bits per heavy atom. The van der Waals surface area contributed by atoms with E-state index in [0.717, 1.165) is 0 Å². The Balaban J connectivity index is 1.96. The second-order valence-electron chi connectivity index (χ2n) is 3.70. The summed E-state index contributed by atoms with van der Waals surface area (Å²) in [6.07, 6.45) is 1.45. The lowest BCUT2D eigenvalue weighted by molar-refractivity contribution is -0.113. The quantitative estimate of drug-likeness (QED) is 0.910. The van der Waals surface area contributed by atoms with Crippen molar-refractivity contribution in [3.05, 3.63) is 29.9 Å². The number of nitrogens with zero attached hydrogens (tertiary/aromatic N) is 1.